The van der Waals surface area contributed by atoms with Crippen molar-refractivity contribution in [3.8, 4) is 0 Å². The number of aliphatic hydroxyl groups is 1. The van der Waals surface area contributed by atoms with Gasteiger partial charge in [0.1, 0.15) is 0 Å². The van der Waals surface area contributed by atoms with E-state index in [0.29, 0.717) is 0 Å². The fraction of sp³-hybridized carbons (Fsp3) is 0.875. The van der Waals surface area contributed by atoms with Crippen LogP contribution in [0.2, 0.25) is 0 Å². The van der Waals surface area contributed by atoms with E-state index >= 15 is 0 Å². The highest BCUT2D eigenvalue weighted by Gasteiger charge is 2.09. The summed E-state index contributed by atoms with van der Waals surface area (Å²) in [6, 6.07) is 0. The van der Waals surface area contributed by atoms with Gasteiger partial charge in [0.25, 0.3) is 0 Å². The summed E-state index contributed by atoms with van der Waals surface area (Å²) in [5.41, 5.74) is 0. The SMILES string of the molecule is C.C.CCC(C)C(=O)OCO. The lowest BCUT2D eigenvalue weighted by atomic mass is 10.1. The van der Waals surface area contributed by atoms with Gasteiger partial charge < -0.3 is 9.84 Å². The van der Waals surface area contributed by atoms with Crippen molar-refractivity contribution in [2.24, 2.45) is 5.92 Å². The lowest BCUT2D eigenvalue weighted by molar-refractivity contribution is -0.156. The molecule has 0 aliphatic rings. The fourth-order valence-corrected chi connectivity index (χ4v) is 0.373. The highest BCUT2D eigenvalue weighted by Crippen LogP contribution is 2.01. The molecule has 0 aromatic heterocycles. The van der Waals surface area contributed by atoms with Gasteiger partial charge in [-0.2, -0.15) is 0 Å². The van der Waals surface area contributed by atoms with Crippen molar-refractivity contribution in [2.45, 2.75) is 35.1 Å². The monoisotopic (exact) mass is 164 g/mol. The lowest BCUT2D eigenvalue weighted by Gasteiger charge is -2.04. The van der Waals surface area contributed by atoms with Gasteiger partial charge in [-0.25, -0.2) is 0 Å². The Hall–Kier alpha value is -0.570. The summed E-state index contributed by atoms with van der Waals surface area (Å²) in [6.45, 7) is 3.14. The van der Waals surface area contributed by atoms with E-state index in [-0.39, 0.29) is 26.7 Å². The van der Waals surface area contributed by atoms with Crippen molar-refractivity contribution in [1.82, 2.24) is 0 Å². The predicted octanol–water partition coefficient (Wildman–Crippen LogP) is 1.80. The van der Waals surface area contributed by atoms with Crippen LogP contribution in [-0.2, 0) is 9.53 Å². The zero-order valence-corrected chi connectivity index (χ0v) is 5.76. The van der Waals surface area contributed by atoms with E-state index in [1.165, 1.54) is 0 Å². The number of hydrogen-bond acceptors (Lipinski definition) is 3. The first-order valence-corrected chi connectivity index (χ1v) is 2.99. The predicted molar refractivity (Wildman–Crippen MR) is 46.1 cm³/mol. The van der Waals surface area contributed by atoms with Crippen molar-refractivity contribution < 1.29 is 14.6 Å². The van der Waals surface area contributed by atoms with Crippen molar-refractivity contribution in [1.29, 1.82) is 0 Å². The van der Waals surface area contributed by atoms with Crippen LogP contribution < -0.4 is 0 Å². The molecule has 0 fully saturated rings. The number of carbonyl (C=O) groups is 1. The molecule has 0 aliphatic carbocycles. The molecule has 0 rings (SSSR count). The third-order valence-corrected chi connectivity index (χ3v) is 1.22. The number of hydrogen-bond donors (Lipinski definition) is 1. The molecular formula is C8H20O3. The maximum absolute atomic E-state index is 10.6. The summed E-state index contributed by atoms with van der Waals surface area (Å²) in [7, 11) is 0. The summed E-state index contributed by atoms with van der Waals surface area (Å²) >= 11 is 0. The lowest BCUT2D eigenvalue weighted by Crippen LogP contribution is -2.14. The normalized spacial score (nSPS) is 10.5. The Kier molecular flexibility index (Phi) is 14.4. The van der Waals surface area contributed by atoms with Crippen molar-refractivity contribution in [3.05, 3.63) is 0 Å². The molecule has 1 atom stereocenters. The molecule has 3 nitrogen and oxygen atoms in total. The molecule has 3 heteroatoms. The van der Waals surface area contributed by atoms with E-state index in [1.54, 1.807) is 6.92 Å². The van der Waals surface area contributed by atoms with Gasteiger partial charge in [0.2, 0.25) is 0 Å². The molecule has 0 aromatic rings. The largest absolute Gasteiger partial charge is 0.438 e. The number of esters is 1. The van der Waals surface area contributed by atoms with E-state index < -0.39 is 6.79 Å². The van der Waals surface area contributed by atoms with Gasteiger partial charge in [-0.05, 0) is 6.42 Å². The van der Waals surface area contributed by atoms with Crippen LogP contribution >= 0.6 is 0 Å². The quantitative estimate of drug-likeness (QED) is 0.511. The Morgan fingerprint density at radius 3 is 2.27 bits per heavy atom. The van der Waals surface area contributed by atoms with Gasteiger partial charge in [-0.3, -0.25) is 4.79 Å². The van der Waals surface area contributed by atoms with Crippen LogP contribution in [0.25, 0.3) is 0 Å². The minimum atomic E-state index is -0.511. The number of carbonyl (C=O) groups excluding carboxylic acids is 1. The van der Waals surface area contributed by atoms with E-state index in [2.05, 4.69) is 4.74 Å². The minimum Gasteiger partial charge on any atom is -0.438 e. The number of aliphatic hydroxyl groups excluding tert-OH is 1. The van der Waals surface area contributed by atoms with Crippen LogP contribution in [-0.4, -0.2) is 17.9 Å². The van der Waals surface area contributed by atoms with Crippen LogP contribution in [0.5, 0.6) is 0 Å². The number of rotatable bonds is 3. The summed E-state index contributed by atoms with van der Waals surface area (Å²) in [5.74, 6) is -0.433. The molecule has 70 valence electrons. The van der Waals surface area contributed by atoms with Crippen LogP contribution in [0.3, 0.4) is 0 Å². The molecule has 0 aromatic carbocycles. The molecule has 1 unspecified atom stereocenters. The third kappa shape index (κ3) is 7.33. The zero-order valence-electron chi connectivity index (χ0n) is 5.76. The Balaban J connectivity index is -0.000000320. The first kappa shape index (κ1) is 16.8. The molecule has 0 amide bonds. The molecule has 0 saturated heterocycles. The van der Waals surface area contributed by atoms with Gasteiger partial charge in [0.05, 0.1) is 5.92 Å². The van der Waals surface area contributed by atoms with Gasteiger partial charge in [0.15, 0.2) is 6.79 Å². The summed E-state index contributed by atoms with van der Waals surface area (Å²) < 4.78 is 4.31. The van der Waals surface area contributed by atoms with Crippen molar-refractivity contribution in [3.63, 3.8) is 0 Å². The van der Waals surface area contributed by atoms with Crippen LogP contribution in [0.1, 0.15) is 35.1 Å². The molecule has 0 saturated carbocycles. The van der Waals surface area contributed by atoms with E-state index in [9.17, 15) is 4.79 Å². The second-order valence-electron chi connectivity index (χ2n) is 1.90. The molecule has 0 aliphatic heterocycles. The third-order valence-electron chi connectivity index (χ3n) is 1.22. The average molecular weight is 164 g/mol. The Bertz CT molecular complexity index is 91.3. The summed E-state index contributed by atoms with van der Waals surface area (Å²) in [6.07, 6.45) is 0.749. The van der Waals surface area contributed by atoms with Crippen LogP contribution in [0.4, 0.5) is 0 Å². The van der Waals surface area contributed by atoms with E-state index in [0.717, 1.165) is 6.42 Å². The average Bonchev–Trinajstić information content (AvgIpc) is 1.87. The summed E-state index contributed by atoms with van der Waals surface area (Å²) in [4.78, 5) is 10.6. The molecule has 11 heavy (non-hydrogen) atoms. The van der Waals surface area contributed by atoms with Crippen LogP contribution in [0, 0.1) is 5.92 Å². The molecule has 0 heterocycles. The second-order valence-corrected chi connectivity index (χ2v) is 1.90. The van der Waals surface area contributed by atoms with Crippen LogP contribution in [0.15, 0.2) is 0 Å². The summed E-state index contributed by atoms with van der Waals surface area (Å²) in [5, 5.41) is 8.14. The molecule has 0 radical (unpaired) electrons. The first-order chi connectivity index (χ1) is 4.22. The molecular weight excluding hydrogens is 144 g/mol. The Morgan fingerprint density at radius 1 is 1.55 bits per heavy atom. The zero-order chi connectivity index (χ0) is 7.28. The number of ether oxygens (including phenoxy) is 1. The Labute approximate surface area is 69.4 Å². The highest BCUT2D eigenvalue weighted by molar-refractivity contribution is 5.71. The first-order valence-electron chi connectivity index (χ1n) is 2.99. The maximum Gasteiger partial charge on any atom is 0.310 e. The van der Waals surface area contributed by atoms with E-state index in [1.807, 2.05) is 6.92 Å². The molecule has 0 spiro atoms. The van der Waals surface area contributed by atoms with Crippen molar-refractivity contribution in [2.75, 3.05) is 6.79 Å². The fourth-order valence-electron chi connectivity index (χ4n) is 0.373. The maximum atomic E-state index is 10.6. The van der Waals surface area contributed by atoms with Gasteiger partial charge >= 0.3 is 5.97 Å². The Morgan fingerprint density at radius 2 is 2.00 bits per heavy atom. The van der Waals surface area contributed by atoms with E-state index in [4.69, 9.17) is 5.11 Å². The second kappa shape index (κ2) is 9.43. The van der Waals surface area contributed by atoms with Gasteiger partial charge in [-0.15, -0.1) is 0 Å². The topological polar surface area (TPSA) is 46.5 Å². The van der Waals surface area contributed by atoms with Crippen molar-refractivity contribution >= 4 is 5.97 Å². The van der Waals surface area contributed by atoms with Gasteiger partial charge in [0, 0.05) is 0 Å². The standard InChI is InChI=1S/C6H12O3.2CH4/c1-3-5(2)6(8)9-4-7;;/h5,7H,3-4H2,1-2H3;2*1H4. The smallest absolute Gasteiger partial charge is 0.310 e. The molecule has 1 N–H and O–H groups in total. The highest BCUT2D eigenvalue weighted by atomic mass is 16.6. The minimum absolute atomic E-state index is 0. The van der Waals surface area contributed by atoms with Gasteiger partial charge in [-0.1, -0.05) is 28.7 Å². The molecule has 0 bridgehead atoms.